The maximum Gasteiger partial charge on any atom is 0.318 e. The van der Waals surface area contributed by atoms with Gasteiger partial charge in [0.25, 0.3) is 0 Å². The maximum absolute atomic E-state index is 11.4. The molecule has 4 N–H and O–H groups in total. The Kier molecular flexibility index (Phi) is 7.39. The molecule has 1 saturated heterocycles. The lowest BCUT2D eigenvalue weighted by Gasteiger charge is -2.31. The van der Waals surface area contributed by atoms with Gasteiger partial charge < -0.3 is 15.8 Å². The fraction of sp³-hybridized carbons (Fsp3) is 0.833. The number of carbonyl (C=O) groups is 2. The van der Waals surface area contributed by atoms with Gasteiger partial charge in [0.1, 0.15) is 0 Å². The molecule has 0 unspecified atom stereocenters. The van der Waals surface area contributed by atoms with E-state index in [1.807, 2.05) is 4.90 Å². The number of nitrogens with one attached hydrogen (secondary N) is 2. The lowest BCUT2D eigenvalue weighted by Crippen LogP contribution is -2.45. The minimum Gasteiger partial charge on any atom is -0.383 e. The van der Waals surface area contributed by atoms with Gasteiger partial charge in [-0.25, -0.2) is 4.79 Å². The topological polar surface area (TPSA) is 96.7 Å². The fourth-order valence-electron chi connectivity index (χ4n) is 2.21. The molecule has 7 nitrogen and oxygen atoms in total. The fourth-order valence-corrected chi connectivity index (χ4v) is 2.21. The maximum atomic E-state index is 11.4. The normalized spacial score (nSPS) is 17.3. The van der Waals surface area contributed by atoms with E-state index in [9.17, 15) is 9.59 Å². The average Bonchev–Trinajstić information content (AvgIpc) is 2.35. The summed E-state index contributed by atoms with van der Waals surface area (Å²) in [5.74, 6) is 0.316. The summed E-state index contributed by atoms with van der Waals surface area (Å²) in [6.07, 6.45) is 2.12. The molecule has 1 fully saturated rings. The first-order valence-electron chi connectivity index (χ1n) is 6.63. The molecule has 0 aromatic heterocycles. The highest BCUT2D eigenvalue weighted by atomic mass is 16.5. The van der Waals surface area contributed by atoms with Crippen LogP contribution in [0.5, 0.6) is 0 Å². The Morgan fingerprint density at radius 1 is 1.37 bits per heavy atom. The number of likely N-dealkylation sites (tertiary alicyclic amines) is 1. The molecule has 1 rings (SSSR count). The van der Waals surface area contributed by atoms with Crippen LogP contribution in [0, 0.1) is 5.92 Å². The zero-order valence-electron chi connectivity index (χ0n) is 11.5. The highest BCUT2D eigenvalue weighted by Crippen LogP contribution is 2.15. The van der Waals surface area contributed by atoms with E-state index < -0.39 is 6.03 Å². The third-order valence-corrected chi connectivity index (χ3v) is 3.25. The molecule has 0 aromatic carbocycles. The van der Waals surface area contributed by atoms with Crippen LogP contribution in [-0.2, 0) is 9.53 Å². The van der Waals surface area contributed by atoms with Crippen molar-refractivity contribution < 1.29 is 14.3 Å². The van der Waals surface area contributed by atoms with Gasteiger partial charge in [0.2, 0.25) is 5.91 Å². The Balaban J connectivity index is 2.11. The predicted molar refractivity (Wildman–Crippen MR) is 71.6 cm³/mol. The van der Waals surface area contributed by atoms with Gasteiger partial charge in [0, 0.05) is 13.7 Å². The molecule has 0 aliphatic carbocycles. The molecule has 3 amide bonds. The van der Waals surface area contributed by atoms with Crippen molar-refractivity contribution in [1.82, 2.24) is 15.5 Å². The second-order valence-corrected chi connectivity index (χ2v) is 4.83. The van der Waals surface area contributed by atoms with Gasteiger partial charge in [-0.15, -0.1) is 0 Å². The predicted octanol–water partition coefficient (Wildman–Crippen LogP) is -0.871. The number of primary amides is 1. The van der Waals surface area contributed by atoms with E-state index in [0.717, 1.165) is 45.6 Å². The van der Waals surface area contributed by atoms with Crippen molar-refractivity contribution in [3.8, 4) is 0 Å². The van der Waals surface area contributed by atoms with Gasteiger partial charge in [-0.2, -0.15) is 0 Å². The lowest BCUT2D eigenvalue weighted by molar-refractivity contribution is -0.121. The van der Waals surface area contributed by atoms with Crippen molar-refractivity contribution in [3.05, 3.63) is 0 Å². The summed E-state index contributed by atoms with van der Waals surface area (Å²) in [4.78, 5) is 23.9. The number of hydrogen-bond acceptors (Lipinski definition) is 5. The van der Waals surface area contributed by atoms with Crippen LogP contribution >= 0.6 is 0 Å². The average molecular weight is 272 g/mol. The largest absolute Gasteiger partial charge is 0.383 e. The van der Waals surface area contributed by atoms with E-state index in [1.54, 1.807) is 7.11 Å². The molecule has 19 heavy (non-hydrogen) atoms. The minimum atomic E-state index is -0.790. The van der Waals surface area contributed by atoms with Gasteiger partial charge >= 0.3 is 6.03 Å². The first kappa shape index (κ1) is 15.9. The van der Waals surface area contributed by atoms with Crippen molar-refractivity contribution in [2.45, 2.75) is 12.8 Å². The van der Waals surface area contributed by atoms with Crippen LogP contribution in [0.2, 0.25) is 0 Å². The summed E-state index contributed by atoms with van der Waals surface area (Å²) in [7, 11) is 1.69. The molecular weight excluding hydrogens is 248 g/mol. The summed E-state index contributed by atoms with van der Waals surface area (Å²) in [5, 5.41) is 5.44. The van der Waals surface area contributed by atoms with Gasteiger partial charge in [-0.1, -0.05) is 0 Å². The number of hydrogen-bond donors (Lipinski definition) is 3. The highest BCUT2D eigenvalue weighted by Gasteiger charge is 2.20. The van der Waals surface area contributed by atoms with Crippen LogP contribution in [0.25, 0.3) is 0 Å². The Bertz CT molecular complexity index is 291. The molecule has 1 aliphatic heterocycles. The number of ether oxygens (including phenoxy) is 1. The number of nitrogens with zero attached hydrogens (tertiary/aromatic N) is 1. The first-order valence-corrected chi connectivity index (χ1v) is 6.63. The van der Waals surface area contributed by atoms with E-state index in [0.29, 0.717) is 5.92 Å². The third-order valence-electron chi connectivity index (χ3n) is 3.25. The quantitative estimate of drug-likeness (QED) is 0.523. The Labute approximate surface area is 113 Å². The van der Waals surface area contributed by atoms with Gasteiger partial charge in [0.15, 0.2) is 0 Å². The van der Waals surface area contributed by atoms with E-state index in [-0.39, 0.29) is 12.5 Å². The van der Waals surface area contributed by atoms with Crippen molar-refractivity contribution in [2.75, 3.05) is 46.4 Å². The number of urea groups is 1. The second kappa shape index (κ2) is 8.84. The molecule has 0 atom stereocenters. The summed E-state index contributed by atoms with van der Waals surface area (Å²) < 4.78 is 4.97. The van der Waals surface area contributed by atoms with E-state index in [2.05, 4.69) is 10.6 Å². The number of nitrogens with two attached hydrogens (primary N) is 1. The molecule has 0 radical (unpaired) electrons. The highest BCUT2D eigenvalue weighted by molar-refractivity contribution is 5.94. The van der Waals surface area contributed by atoms with Crippen molar-refractivity contribution >= 4 is 11.9 Å². The monoisotopic (exact) mass is 272 g/mol. The van der Waals surface area contributed by atoms with Crippen LogP contribution in [0.15, 0.2) is 0 Å². The van der Waals surface area contributed by atoms with E-state index in [1.165, 1.54) is 0 Å². The lowest BCUT2D eigenvalue weighted by atomic mass is 9.97. The summed E-state index contributed by atoms with van der Waals surface area (Å²) >= 11 is 0. The standard InChI is InChI=1S/C12H24N4O3/c1-19-7-4-14-8-10-2-5-16(6-3-10)9-11(17)15-12(13)18/h10,14H,2-9H2,1H3,(H3,13,15,17,18). The molecule has 1 heterocycles. The molecule has 0 saturated carbocycles. The smallest absolute Gasteiger partial charge is 0.318 e. The number of imide groups is 1. The van der Waals surface area contributed by atoms with Crippen molar-refractivity contribution in [3.63, 3.8) is 0 Å². The molecular formula is C12H24N4O3. The Hall–Kier alpha value is -1.18. The number of amides is 3. The summed E-state index contributed by atoms with van der Waals surface area (Å²) in [6, 6.07) is -0.790. The Morgan fingerprint density at radius 2 is 2.05 bits per heavy atom. The number of piperidine rings is 1. The summed E-state index contributed by atoms with van der Waals surface area (Å²) in [6.45, 7) is 4.59. The molecule has 0 spiro atoms. The van der Waals surface area contributed by atoms with Crippen LogP contribution in [-0.4, -0.2) is 63.3 Å². The zero-order chi connectivity index (χ0) is 14.1. The van der Waals surface area contributed by atoms with Crippen LogP contribution in [0.1, 0.15) is 12.8 Å². The second-order valence-electron chi connectivity index (χ2n) is 4.83. The van der Waals surface area contributed by atoms with E-state index in [4.69, 9.17) is 10.5 Å². The summed E-state index contributed by atoms with van der Waals surface area (Å²) in [5.41, 5.74) is 4.89. The van der Waals surface area contributed by atoms with Crippen LogP contribution < -0.4 is 16.4 Å². The Morgan fingerprint density at radius 3 is 2.63 bits per heavy atom. The van der Waals surface area contributed by atoms with Crippen LogP contribution in [0.3, 0.4) is 0 Å². The van der Waals surface area contributed by atoms with E-state index >= 15 is 0 Å². The number of rotatable bonds is 7. The van der Waals surface area contributed by atoms with Crippen molar-refractivity contribution in [1.29, 1.82) is 0 Å². The number of methoxy groups -OCH3 is 1. The minimum absolute atomic E-state index is 0.243. The number of carbonyl (C=O) groups excluding carboxylic acids is 2. The molecule has 1 aliphatic rings. The first-order chi connectivity index (χ1) is 9.11. The van der Waals surface area contributed by atoms with Gasteiger partial charge in [0.05, 0.1) is 13.2 Å². The van der Waals surface area contributed by atoms with Gasteiger partial charge in [-0.3, -0.25) is 15.0 Å². The molecule has 0 aromatic rings. The molecule has 0 bridgehead atoms. The zero-order valence-corrected chi connectivity index (χ0v) is 11.5. The molecule has 7 heteroatoms. The van der Waals surface area contributed by atoms with Crippen LogP contribution in [0.4, 0.5) is 4.79 Å². The van der Waals surface area contributed by atoms with Gasteiger partial charge in [-0.05, 0) is 38.4 Å². The SMILES string of the molecule is COCCNCC1CCN(CC(=O)NC(N)=O)CC1. The molecule has 110 valence electrons. The van der Waals surface area contributed by atoms with Crippen molar-refractivity contribution in [2.24, 2.45) is 11.7 Å². The third kappa shape index (κ3) is 7.09.